The number of carbonyl (C=O) groups is 1. The second-order valence-corrected chi connectivity index (χ2v) is 7.93. The van der Waals surface area contributed by atoms with Crippen LogP contribution < -0.4 is 5.32 Å². The molecule has 0 heterocycles. The number of hydrogen-bond acceptors (Lipinski definition) is 3. The van der Waals surface area contributed by atoms with Gasteiger partial charge in [0, 0.05) is 26.1 Å². The molecule has 0 saturated heterocycles. The summed E-state index contributed by atoms with van der Waals surface area (Å²) in [5, 5.41) is 2.75. The smallest absolute Gasteiger partial charge is 0.221 e. The Balaban J connectivity index is 2.57. The number of rotatable bonds is 9. The lowest BCUT2D eigenvalue weighted by molar-refractivity contribution is -0.121. The maximum absolute atomic E-state index is 13.6. The summed E-state index contributed by atoms with van der Waals surface area (Å²) in [5.41, 5.74) is 0.463. The van der Waals surface area contributed by atoms with E-state index in [9.17, 15) is 17.6 Å². The van der Waals surface area contributed by atoms with Gasteiger partial charge in [-0.3, -0.25) is 4.79 Å². The van der Waals surface area contributed by atoms with Crippen molar-refractivity contribution in [2.45, 2.75) is 26.7 Å². The number of hydrogen-bond donors (Lipinski definition) is 1. The lowest BCUT2D eigenvalue weighted by Crippen LogP contribution is -2.36. The SMILES string of the molecule is CC(C)CNC(=O)CCN(CCc1ccccc1F)S(C)(=O)=O. The Labute approximate surface area is 137 Å². The standard InChI is InChI=1S/C16H25FN2O3S/c1-13(2)12-18-16(20)9-11-19(23(3,21)22)10-8-14-6-4-5-7-15(14)17/h4-7,13H,8-12H2,1-3H3,(H,18,20). The van der Waals surface area contributed by atoms with Crippen molar-refractivity contribution in [2.24, 2.45) is 5.92 Å². The third kappa shape index (κ3) is 7.56. The van der Waals surface area contributed by atoms with E-state index in [1.807, 2.05) is 13.8 Å². The quantitative estimate of drug-likeness (QED) is 0.743. The van der Waals surface area contributed by atoms with Crippen LogP contribution in [0.15, 0.2) is 24.3 Å². The van der Waals surface area contributed by atoms with E-state index in [-0.39, 0.29) is 37.7 Å². The van der Waals surface area contributed by atoms with E-state index in [0.717, 1.165) is 6.26 Å². The molecule has 1 aromatic rings. The van der Waals surface area contributed by atoms with Crippen molar-refractivity contribution < 1.29 is 17.6 Å². The Morgan fingerprint density at radius 1 is 1.26 bits per heavy atom. The molecule has 1 amide bonds. The van der Waals surface area contributed by atoms with Gasteiger partial charge in [-0.25, -0.2) is 17.1 Å². The van der Waals surface area contributed by atoms with Crippen LogP contribution >= 0.6 is 0 Å². The van der Waals surface area contributed by atoms with Crippen LogP contribution in [0, 0.1) is 11.7 Å². The van der Waals surface area contributed by atoms with E-state index in [1.165, 1.54) is 10.4 Å². The highest BCUT2D eigenvalue weighted by molar-refractivity contribution is 7.88. The highest BCUT2D eigenvalue weighted by Crippen LogP contribution is 2.09. The predicted octanol–water partition coefficient (Wildman–Crippen LogP) is 1.79. The second-order valence-electron chi connectivity index (χ2n) is 5.95. The summed E-state index contributed by atoms with van der Waals surface area (Å²) in [6.07, 6.45) is 1.46. The molecule has 0 unspecified atom stereocenters. The average Bonchev–Trinajstić information content (AvgIpc) is 2.45. The van der Waals surface area contributed by atoms with Crippen molar-refractivity contribution in [1.82, 2.24) is 9.62 Å². The van der Waals surface area contributed by atoms with Crippen LogP contribution in [-0.2, 0) is 21.2 Å². The summed E-state index contributed by atoms with van der Waals surface area (Å²) >= 11 is 0. The fourth-order valence-electron chi connectivity index (χ4n) is 2.02. The van der Waals surface area contributed by atoms with Crippen molar-refractivity contribution in [3.05, 3.63) is 35.6 Å². The van der Waals surface area contributed by atoms with Gasteiger partial charge in [-0.2, -0.15) is 0 Å². The van der Waals surface area contributed by atoms with E-state index < -0.39 is 10.0 Å². The number of nitrogens with one attached hydrogen (secondary N) is 1. The molecular formula is C16H25FN2O3S. The lowest BCUT2D eigenvalue weighted by Gasteiger charge is -2.20. The van der Waals surface area contributed by atoms with Crippen molar-refractivity contribution >= 4 is 15.9 Å². The van der Waals surface area contributed by atoms with Crippen LogP contribution in [0.1, 0.15) is 25.8 Å². The van der Waals surface area contributed by atoms with Gasteiger partial charge >= 0.3 is 0 Å². The maximum Gasteiger partial charge on any atom is 0.221 e. The van der Waals surface area contributed by atoms with Gasteiger partial charge < -0.3 is 5.32 Å². The van der Waals surface area contributed by atoms with E-state index >= 15 is 0 Å². The van der Waals surface area contributed by atoms with Gasteiger partial charge in [-0.05, 0) is 24.0 Å². The molecular weight excluding hydrogens is 319 g/mol. The molecule has 7 heteroatoms. The molecule has 0 saturated carbocycles. The predicted molar refractivity (Wildman–Crippen MR) is 89.0 cm³/mol. The van der Waals surface area contributed by atoms with Crippen LogP contribution in [0.4, 0.5) is 4.39 Å². The molecule has 1 aromatic carbocycles. The maximum atomic E-state index is 13.6. The zero-order valence-corrected chi connectivity index (χ0v) is 14.7. The minimum atomic E-state index is -3.44. The third-order valence-corrected chi connectivity index (χ3v) is 4.66. The summed E-state index contributed by atoms with van der Waals surface area (Å²) < 4.78 is 38.4. The molecule has 5 nitrogen and oxygen atoms in total. The van der Waals surface area contributed by atoms with Crippen LogP contribution in [0.5, 0.6) is 0 Å². The molecule has 23 heavy (non-hydrogen) atoms. The first-order valence-corrected chi connectivity index (χ1v) is 9.50. The van der Waals surface area contributed by atoms with E-state index in [0.29, 0.717) is 18.0 Å². The fourth-order valence-corrected chi connectivity index (χ4v) is 2.87. The minimum Gasteiger partial charge on any atom is -0.356 e. The van der Waals surface area contributed by atoms with Crippen LogP contribution in [0.2, 0.25) is 0 Å². The van der Waals surface area contributed by atoms with Gasteiger partial charge in [0.2, 0.25) is 15.9 Å². The molecule has 0 radical (unpaired) electrons. The molecule has 0 aliphatic rings. The summed E-state index contributed by atoms with van der Waals surface area (Å²) in [5.74, 6) is -0.195. The molecule has 0 aliphatic heterocycles. The highest BCUT2D eigenvalue weighted by atomic mass is 32.2. The first-order valence-electron chi connectivity index (χ1n) is 7.65. The Kier molecular flexibility index (Phi) is 7.64. The fraction of sp³-hybridized carbons (Fsp3) is 0.562. The molecule has 0 aliphatic carbocycles. The molecule has 130 valence electrons. The van der Waals surface area contributed by atoms with Gasteiger partial charge in [-0.15, -0.1) is 0 Å². The summed E-state index contributed by atoms with van der Waals surface area (Å²) in [4.78, 5) is 11.7. The summed E-state index contributed by atoms with van der Waals surface area (Å²) in [6.45, 7) is 4.77. The number of nitrogens with zero attached hydrogens (tertiary/aromatic N) is 1. The van der Waals surface area contributed by atoms with Crippen molar-refractivity contribution in [3.8, 4) is 0 Å². The number of sulfonamides is 1. The number of amides is 1. The minimum absolute atomic E-state index is 0.0943. The van der Waals surface area contributed by atoms with Gasteiger partial charge in [0.05, 0.1) is 6.26 Å². The van der Waals surface area contributed by atoms with E-state index in [1.54, 1.807) is 18.2 Å². The van der Waals surface area contributed by atoms with E-state index in [2.05, 4.69) is 5.32 Å². The zero-order chi connectivity index (χ0) is 17.5. The van der Waals surface area contributed by atoms with E-state index in [4.69, 9.17) is 0 Å². The van der Waals surface area contributed by atoms with Gasteiger partial charge in [0.25, 0.3) is 0 Å². The van der Waals surface area contributed by atoms with Gasteiger partial charge in [0.1, 0.15) is 5.82 Å². The number of halogens is 1. The Morgan fingerprint density at radius 2 is 1.91 bits per heavy atom. The molecule has 0 fully saturated rings. The second kappa shape index (κ2) is 8.98. The molecule has 1 rings (SSSR count). The summed E-state index contributed by atoms with van der Waals surface area (Å²) in [7, 11) is -3.44. The van der Waals surface area contributed by atoms with Crippen LogP contribution in [0.3, 0.4) is 0 Å². The molecule has 1 N–H and O–H groups in total. The molecule has 0 atom stereocenters. The molecule has 0 aromatic heterocycles. The van der Waals surface area contributed by atoms with Crippen LogP contribution in [-0.4, -0.2) is 44.5 Å². The average molecular weight is 344 g/mol. The largest absolute Gasteiger partial charge is 0.356 e. The van der Waals surface area contributed by atoms with Crippen LogP contribution in [0.25, 0.3) is 0 Å². The Morgan fingerprint density at radius 3 is 2.48 bits per heavy atom. The highest BCUT2D eigenvalue weighted by Gasteiger charge is 2.18. The van der Waals surface area contributed by atoms with Crippen molar-refractivity contribution in [3.63, 3.8) is 0 Å². The van der Waals surface area contributed by atoms with Crippen molar-refractivity contribution in [1.29, 1.82) is 0 Å². The topological polar surface area (TPSA) is 66.5 Å². The van der Waals surface area contributed by atoms with Gasteiger partial charge in [0.15, 0.2) is 0 Å². The first-order chi connectivity index (χ1) is 10.7. The first kappa shape index (κ1) is 19.6. The zero-order valence-electron chi connectivity index (χ0n) is 13.9. The lowest BCUT2D eigenvalue weighted by atomic mass is 10.1. The van der Waals surface area contributed by atoms with Crippen molar-refractivity contribution in [2.75, 3.05) is 25.9 Å². The monoisotopic (exact) mass is 344 g/mol. The summed E-state index contributed by atoms with van der Waals surface area (Å²) in [6, 6.07) is 6.28. The number of benzene rings is 1. The van der Waals surface area contributed by atoms with Gasteiger partial charge in [-0.1, -0.05) is 32.0 Å². The molecule has 0 spiro atoms. The Hall–Kier alpha value is -1.47. The Bertz CT molecular complexity index is 618. The molecule has 0 bridgehead atoms. The number of carbonyl (C=O) groups excluding carboxylic acids is 1. The third-order valence-electron chi connectivity index (χ3n) is 3.35. The normalized spacial score (nSPS) is 11.9.